The minimum absolute atomic E-state index is 0.587. The lowest BCUT2D eigenvalue weighted by molar-refractivity contribution is 0.544. The van der Waals surface area contributed by atoms with Crippen LogP contribution in [0.4, 0.5) is 0 Å². The van der Waals surface area contributed by atoms with Gasteiger partial charge in [0.25, 0.3) is 0 Å². The van der Waals surface area contributed by atoms with E-state index in [4.69, 9.17) is 0 Å². The lowest BCUT2D eigenvalue weighted by atomic mass is 9.74. The summed E-state index contributed by atoms with van der Waals surface area (Å²) in [5.41, 5.74) is 6.08. The van der Waals surface area contributed by atoms with Crippen molar-refractivity contribution in [2.24, 2.45) is 0 Å². The number of fused-ring (bicyclic) bond motifs is 1. The van der Waals surface area contributed by atoms with Crippen LogP contribution in [-0.2, 0) is 0 Å². The molecule has 0 saturated carbocycles. The topological polar surface area (TPSA) is 0 Å². The highest BCUT2D eigenvalue weighted by atomic mass is 14.3. The standard InChI is InChI=1S/C20H24/c1-14(2)17-10-12-19-18(16-7-5-4-6-8-16)11-9-15(3)20(19)13-17/h4-8,10,12-15,18H,9,11H2,1-3H3. The van der Waals surface area contributed by atoms with Crippen LogP contribution >= 0.6 is 0 Å². The van der Waals surface area contributed by atoms with E-state index in [0.29, 0.717) is 17.8 Å². The zero-order valence-electron chi connectivity index (χ0n) is 12.8. The fourth-order valence-corrected chi connectivity index (χ4v) is 3.46. The van der Waals surface area contributed by atoms with E-state index in [0.717, 1.165) is 0 Å². The van der Waals surface area contributed by atoms with Gasteiger partial charge in [-0.2, -0.15) is 0 Å². The Morgan fingerprint density at radius 1 is 0.900 bits per heavy atom. The molecule has 104 valence electrons. The molecule has 0 N–H and O–H groups in total. The van der Waals surface area contributed by atoms with Crippen molar-refractivity contribution in [3.8, 4) is 0 Å². The van der Waals surface area contributed by atoms with Crippen molar-refractivity contribution in [2.45, 2.75) is 51.4 Å². The summed E-state index contributed by atoms with van der Waals surface area (Å²) in [5, 5.41) is 0. The molecule has 0 aliphatic heterocycles. The van der Waals surface area contributed by atoms with Gasteiger partial charge in [0.2, 0.25) is 0 Å². The lowest BCUT2D eigenvalue weighted by Gasteiger charge is -2.31. The van der Waals surface area contributed by atoms with Crippen LogP contribution in [0, 0.1) is 0 Å². The van der Waals surface area contributed by atoms with Crippen LogP contribution in [-0.4, -0.2) is 0 Å². The van der Waals surface area contributed by atoms with Gasteiger partial charge in [0.1, 0.15) is 0 Å². The highest BCUT2D eigenvalue weighted by Gasteiger charge is 2.26. The number of benzene rings is 2. The van der Waals surface area contributed by atoms with Crippen molar-refractivity contribution in [2.75, 3.05) is 0 Å². The van der Waals surface area contributed by atoms with Gasteiger partial charge in [-0.3, -0.25) is 0 Å². The second-order valence-corrected chi connectivity index (χ2v) is 6.48. The first-order valence-corrected chi connectivity index (χ1v) is 7.85. The third-order valence-corrected chi connectivity index (χ3v) is 4.77. The van der Waals surface area contributed by atoms with Gasteiger partial charge >= 0.3 is 0 Å². The van der Waals surface area contributed by atoms with Crippen LogP contribution in [0.1, 0.15) is 73.6 Å². The smallest absolute Gasteiger partial charge is 0.00923 e. The Morgan fingerprint density at radius 2 is 1.65 bits per heavy atom. The maximum Gasteiger partial charge on any atom is 0.00923 e. The molecule has 2 aromatic carbocycles. The van der Waals surface area contributed by atoms with Gasteiger partial charge in [0.05, 0.1) is 0 Å². The zero-order chi connectivity index (χ0) is 14.1. The predicted octanol–water partition coefficient (Wildman–Crippen LogP) is 5.84. The summed E-state index contributed by atoms with van der Waals surface area (Å²) in [6.45, 7) is 6.94. The van der Waals surface area contributed by atoms with Gasteiger partial charge in [-0.05, 0) is 46.9 Å². The summed E-state index contributed by atoms with van der Waals surface area (Å²) in [7, 11) is 0. The molecule has 1 aliphatic carbocycles. The molecule has 0 spiro atoms. The van der Waals surface area contributed by atoms with Crippen LogP contribution < -0.4 is 0 Å². The molecule has 0 saturated heterocycles. The molecule has 2 atom stereocenters. The third kappa shape index (κ3) is 2.40. The molecule has 2 aromatic rings. The van der Waals surface area contributed by atoms with Gasteiger partial charge in [0.15, 0.2) is 0 Å². The predicted molar refractivity (Wildman–Crippen MR) is 86.5 cm³/mol. The molecule has 0 amide bonds. The first-order valence-electron chi connectivity index (χ1n) is 7.85. The molecule has 0 radical (unpaired) electrons. The Bertz CT molecular complexity index is 580. The van der Waals surface area contributed by atoms with Crippen LogP contribution in [0.15, 0.2) is 48.5 Å². The Kier molecular flexibility index (Phi) is 3.65. The molecule has 0 nitrogen and oxygen atoms in total. The molecule has 1 aliphatic rings. The van der Waals surface area contributed by atoms with Crippen molar-refractivity contribution in [1.29, 1.82) is 0 Å². The van der Waals surface area contributed by atoms with Gasteiger partial charge in [-0.25, -0.2) is 0 Å². The third-order valence-electron chi connectivity index (χ3n) is 4.77. The van der Waals surface area contributed by atoms with E-state index < -0.39 is 0 Å². The molecule has 0 aromatic heterocycles. The molecule has 20 heavy (non-hydrogen) atoms. The average molecular weight is 264 g/mol. The van der Waals surface area contributed by atoms with Gasteiger partial charge in [-0.1, -0.05) is 69.3 Å². The van der Waals surface area contributed by atoms with E-state index in [1.807, 2.05) is 0 Å². The Balaban J connectivity index is 2.06. The van der Waals surface area contributed by atoms with Crippen LogP contribution in [0.25, 0.3) is 0 Å². The maximum absolute atomic E-state index is 2.46. The minimum Gasteiger partial charge on any atom is -0.0622 e. The molecule has 0 fully saturated rings. The van der Waals surface area contributed by atoms with Gasteiger partial charge < -0.3 is 0 Å². The SMILES string of the molecule is CC(C)c1ccc2c(c1)C(C)CCC2c1ccccc1. The summed E-state index contributed by atoms with van der Waals surface area (Å²) in [5.74, 6) is 1.90. The van der Waals surface area contributed by atoms with Crippen LogP contribution in [0.5, 0.6) is 0 Å². The van der Waals surface area contributed by atoms with E-state index in [1.165, 1.54) is 24.0 Å². The van der Waals surface area contributed by atoms with Crippen LogP contribution in [0.2, 0.25) is 0 Å². The van der Waals surface area contributed by atoms with Crippen molar-refractivity contribution in [3.63, 3.8) is 0 Å². The van der Waals surface area contributed by atoms with E-state index in [1.54, 1.807) is 11.1 Å². The van der Waals surface area contributed by atoms with E-state index in [9.17, 15) is 0 Å². The number of hydrogen-bond acceptors (Lipinski definition) is 0. The van der Waals surface area contributed by atoms with Crippen molar-refractivity contribution in [3.05, 3.63) is 70.8 Å². The quantitative estimate of drug-likeness (QED) is 0.639. The Morgan fingerprint density at radius 3 is 2.35 bits per heavy atom. The van der Waals surface area contributed by atoms with Gasteiger partial charge in [-0.15, -0.1) is 0 Å². The fourth-order valence-electron chi connectivity index (χ4n) is 3.46. The highest BCUT2D eigenvalue weighted by molar-refractivity contribution is 5.44. The van der Waals surface area contributed by atoms with Gasteiger partial charge in [0, 0.05) is 5.92 Å². The summed E-state index contributed by atoms with van der Waals surface area (Å²) >= 11 is 0. The monoisotopic (exact) mass is 264 g/mol. The van der Waals surface area contributed by atoms with Crippen molar-refractivity contribution in [1.82, 2.24) is 0 Å². The molecule has 0 heterocycles. The van der Waals surface area contributed by atoms with Crippen molar-refractivity contribution < 1.29 is 0 Å². The first-order chi connectivity index (χ1) is 9.66. The average Bonchev–Trinajstić information content (AvgIpc) is 2.48. The summed E-state index contributed by atoms with van der Waals surface area (Å²) in [4.78, 5) is 0. The molecular formula is C20H24. The number of hydrogen-bond donors (Lipinski definition) is 0. The van der Waals surface area contributed by atoms with E-state index in [-0.39, 0.29) is 0 Å². The largest absolute Gasteiger partial charge is 0.0622 e. The minimum atomic E-state index is 0.587. The second kappa shape index (κ2) is 5.44. The molecule has 0 heteroatoms. The lowest BCUT2D eigenvalue weighted by Crippen LogP contribution is -2.14. The molecule has 3 rings (SSSR count). The Hall–Kier alpha value is -1.56. The molecule has 0 bridgehead atoms. The maximum atomic E-state index is 2.46. The second-order valence-electron chi connectivity index (χ2n) is 6.48. The molecular weight excluding hydrogens is 240 g/mol. The zero-order valence-corrected chi connectivity index (χ0v) is 12.8. The summed E-state index contributed by atoms with van der Waals surface area (Å²) < 4.78 is 0. The number of rotatable bonds is 2. The Labute approximate surface area is 122 Å². The molecule has 2 unspecified atom stereocenters. The van der Waals surface area contributed by atoms with Crippen LogP contribution in [0.3, 0.4) is 0 Å². The first kappa shape index (κ1) is 13.4. The van der Waals surface area contributed by atoms with E-state index in [2.05, 4.69) is 69.3 Å². The van der Waals surface area contributed by atoms with E-state index >= 15 is 0 Å². The van der Waals surface area contributed by atoms with Crippen molar-refractivity contribution >= 4 is 0 Å². The fraction of sp³-hybridized carbons (Fsp3) is 0.400. The highest BCUT2D eigenvalue weighted by Crippen LogP contribution is 2.42. The normalized spacial score (nSPS) is 21.8. The summed E-state index contributed by atoms with van der Waals surface area (Å²) in [6.07, 6.45) is 2.58. The summed E-state index contributed by atoms with van der Waals surface area (Å²) in [6, 6.07) is 18.2.